The second-order valence-corrected chi connectivity index (χ2v) is 5.95. The van der Waals surface area contributed by atoms with Gasteiger partial charge in [0.25, 0.3) is 5.91 Å². The Morgan fingerprint density at radius 1 is 1.08 bits per heavy atom. The summed E-state index contributed by atoms with van der Waals surface area (Å²) in [6, 6.07) is 13.6. The van der Waals surface area contributed by atoms with Gasteiger partial charge in [-0.15, -0.1) is 0 Å². The van der Waals surface area contributed by atoms with E-state index in [0.717, 1.165) is 15.7 Å². The third kappa shape index (κ3) is 3.83. The van der Waals surface area contributed by atoms with Crippen LogP contribution in [-0.4, -0.2) is 56.1 Å². The van der Waals surface area contributed by atoms with Crippen molar-refractivity contribution in [2.75, 3.05) is 39.3 Å². The van der Waals surface area contributed by atoms with Crippen molar-refractivity contribution >= 4 is 22.6 Å². The molecule has 1 aliphatic heterocycles. The molecular formula is C18H20N2O4. The highest BCUT2D eigenvalue weighted by molar-refractivity contribution is 5.88. The molecule has 3 rings (SSSR count). The SMILES string of the molecule is O=C([O-])C[NH+]1CCN(C(=O)COc2cccc3ccccc23)CC1. The second kappa shape index (κ2) is 7.31. The van der Waals surface area contributed by atoms with E-state index < -0.39 is 5.97 Å². The molecule has 1 N–H and O–H groups in total. The smallest absolute Gasteiger partial charge is 0.260 e. The molecule has 1 amide bonds. The molecule has 0 spiro atoms. The van der Waals surface area contributed by atoms with Gasteiger partial charge < -0.3 is 24.4 Å². The molecule has 0 radical (unpaired) electrons. The molecule has 24 heavy (non-hydrogen) atoms. The van der Waals surface area contributed by atoms with Crippen LogP contribution in [0.25, 0.3) is 10.8 Å². The van der Waals surface area contributed by atoms with Crippen LogP contribution in [0.15, 0.2) is 42.5 Å². The van der Waals surface area contributed by atoms with Crippen LogP contribution < -0.4 is 14.7 Å². The summed E-state index contributed by atoms with van der Waals surface area (Å²) < 4.78 is 5.72. The number of carboxylic acid groups (broad SMARTS) is 1. The van der Waals surface area contributed by atoms with Crippen LogP contribution in [0, 0.1) is 0 Å². The molecule has 0 atom stereocenters. The van der Waals surface area contributed by atoms with Gasteiger partial charge in [-0.1, -0.05) is 36.4 Å². The first-order valence-electron chi connectivity index (χ1n) is 8.05. The lowest BCUT2D eigenvalue weighted by molar-refractivity contribution is -0.898. The zero-order chi connectivity index (χ0) is 16.9. The van der Waals surface area contributed by atoms with Gasteiger partial charge in [0.1, 0.15) is 12.3 Å². The van der Waals surface area contributed by atoms with Crippen molar-refractivity contribution in [1.82, 2.24) is 4.90 Å². The van der Waals surface area contributed by atoms with Crippen LogP contribution in [0.1, 0.15) is 0 Å². The zero-order valence-corrected chi connectivity index (χ0v) is 13.4. The Bertz CT molecular complexity index is 733. The Labute approximate surface area is 140 Å². The molecule has 2 aromatic rings. The Kier molecular flexibility index (Phi) is 4.96. The number of quaternary nitrogens is 1. The van der Waals surface area contributed by atoms with Gasteiger partial charge in [0.2, 0.25) is 0 Å². The maximum atomic E-state index is 12.3. The number of nitrogens with one attached hydrogen (secondary N) is 1. The van der Waals surface area contributed by atoms with Crippen LogP contribution in [0.4, 0.5) is 0 Å². The van der Waals surface area contributed by atoms with Crippen LogP contribution in [0.3, 0.4) is 0 Å². The number of carbonyl (C=O) groups is 2. The number of piperazine rings is 1. The summed E-state index contributed by atoms with van der Waals surface area (Å²) >= 11 is 0. The topological polar surface area (TPSA) is 74.1 Å². The van der Waals surface area contributed by atoms with E-state index in [4.69, 9.17) is 4.74 Å². The van der Waals surface area contributed by atoms with Gasteiger partial charge in [0.15, 0.2) is 6.61 Å². The van der Waals surface area contributed by atoms with Gasteiger partial charge in [-0.05, 0) is 11.5 Å². The lowest BCUT2D eigenvalue weighted by Crippen LogP contribution is -3.16. The van der Waals surface area contributed by atoms with Crippen LogP contribution in [0.5, 0.6) is 5.75 Å². The molecule has 0 aromatic heterocycles. The zero-order valence-electron chi connectivity index (χ0n) is 13.4. The van der Waals surface area contributed by atoms with Gasteiger partial charge in [-0.3, -0.25) is 4.79 Å². The van der Waals surface area contributed by atoms with E-state index >= 15 is 0 Å². The number of benzene rings is 2. The molecule has 1 fully saturated rings. The summed E-state index contributed by atoms with van der Waals surface area (Å²) in [6.07, 6.45) is 0. The van der Waals surface area contributed by atoms with Gasteiger partial charge in [-0.2, -0.15) is 0 Å². The Hall–Kier alpha value is -2.60. The Morgan fingerprint density at radius 3 is 2.54 bits per heavy atom. The molecule has 1 aliphatic rings. The lowest BCUT2D eigenvalue weighted by atomic mass is 10.1. The van der Waals surface area contributed by atoms with E-state index in [1.54, 1.807) is 4.90 Å². The number of carboxylic acids is 1. The number of nitrogens with zero attached hydrogens (tertiary/aromatic N) is 1. The molecule has 1 saturated heterocycles. The predicted molar refractivity (Wildman–Crippen MR) is 86.6 cm³/mol. The summed E-state index contributed by atoms with van der Waals surface area (Å²) in [7, 11) is 0. The van der Waals surface area contributed by atoms with Crippen molar-refractivity contribution in [1.29, 1.82) is 0 Å². The summed E-state index contributed by atoms with van der Waals surface area (Å²) in [4.78, 5) is 25.6. The van der Waals surface area contributed by atoms with Gasteiger partial charge >= 0.3 is 0 Å². The van der Waals surface area contributed by atoms with Crippen LogP contribution >= 0.6 is 0 Å². The van der Waals surface area contributed by atoms with Crippen molar-refractivity contribution < 1.29 is 24.3 Å². The fourth-order valence-electron chi connectivity index (χ4n) is 3.01. The van der Waals surface area contributed by atoms with E-state index in [1.165, 1.54) is 0 Å². The monoisotopic (exact) mass is 328 g/mol. The summed E-state index contributed by atoms with van der Waals surface area (Å²) in [5.74, 6) is -0.429. The minimum Gasteiger partial charge on any atom is -0.544 e. The normalized spacial score (nSPS) is 15.4. The van der Waals surface area contributed by atoms with Gasteiger partial charge in [0.05, 0.1) is 32.1 Å². The Morgan fingerprint density at radius 2 is 1.79 bits per heavy atom. The molecule has 1 heterocycles. The molecule has 6 nitrogen and oxygen atoms in total. The lowest BCUT2D eigenvalue weighted by Gasteiger charge is -2.32. The number of carbonyl (C=O) groups excluding carboxylic acids is 2. The predicted octanol–water partition coefficient (Wildman–Crippen LogP) is -1.30. The summed E-state index contributed by atoms with van der Waals surface area (Å²) in [5.41, 5.74) is 0. The molecule has 2 aromatic carbocycles. The van der Waals surface area contributed by atoms with Crippen LogP contribution in [0.2, 0.25) is 0 Å². The number of fused-ring (bicyclic) bond motifs is 1. The van der Waals surface area contributed by atoms with Gasteiger partial charge in [0, 0.05) is 5.39 Å². The molecule has 126 valence electrons. The quantitative estimate of drug-likeness (QED) is 0.740. The highest BCUT2D eigenvalue weighted by atomic mass is 16.5. The fraction of sp³-hybridized carbons (Fsp3) is 0.333. The largest absolute Gasteiger partial charge is 0.544 e. The number of amides is 1. The molecule has 0 bridgehead atoms. The average Bonchev–Trinajstić information content (AvgIpc) is 2.59. The third-order valence-electron chi connectivity index (χ3n) is 4.32. The van der Waals surface area contributed by atoms with Crippen molar-refractivity contribution in [3.63, 3.8) is 0 Å². The molecule has 0 aliphatic carbocycles. The maximum absolute atomic E-state index is 12.3. The van der Waals surface area contributed by atoms with E-state index in [2.05, 4.69) is 0 Å². The minimum atomic E-state index is -1.05. The fourth-order valence-corrected chi connectivity index (χ4v) is 3.01. The number of hydrogen-bond acceptors (Lipinski definition) is 4. The van der Waals surface area contributed by atoms with Crippen LogP contribution in [-0.2, 0) is 9.59 Å². The number of hydrogen-bond donors (Lipinski definition) is 1. The van der Waals surface area contributed by atoms with E-state index in [0.29, 0.717) is 31.9 Å². The molecular weight excluding hydrogens is 308 g/mol. The first kappa shape index (κ1) is 16.3. The molecule has 0 unspecified atom stereocenters. The second-order valence-electron chi connectivity index (χ2n) is 5.95. The Balaban J connectivity index is 1.55. The van der Waals surface area contributed by atoms with E-state index in [1.807, 2.05) is 42.5 Å². The maximum Gasteiger partial charge on any atom is 0.260 e. The average molecular weight is 328 g/mol. The van der Waals surface area contributed by atoms with Crippen molar-refractivity contribution in [2.24, 2.45) is 0 Å². The van der Waals surface area contributed by atoms with E-state index in [-0.39, 0.29) is 19.1 Å². The van der Waals surface area contributed by atoms with Crippen molar-refractivity contribution in [3.8, 4) is 5.75 Å². The minimum absolute atomic E-state index is 0.00542. The van der Waals surface area contributed by atoms with Crippen molar-refractivity contribution in [3.05, 3.63) is 42.5 Å². The first-order chi connectivity index (χ1) is 11.6. The van der Waals surface area contributed by atoms with Crippen molar-refractivity contribution in [2.45, 2.75) is 0 Å². The third-order valence-corrected chi connectivity index (χ3v) is 4.32. The first-order valence-corrected chi connectivity index (χ1v) is 8.05. The summed E-state index contributed by atoms with van der Waals surface area (Å²) in [6.45, 7) is 2.31. The molecule has 6 heteroatoms. The molecule has 0 saturated carbocycles. The van der Waals surface area contributed by atoms with Gasteiger partial charge in [-0.25, -0.2) is 0 Å². The number of ether oxygens (including phenoxy) is 1. The highest BCUT2D eigenvalue weighted by Gasteiger charge is 2.23. The van der Waals surface area contributed by atoms with E-state index in [9.17, 15) is 14.7 Å². The number of aliphatic carboxylic acids is 1. The number of rotatable bonds is 5. The highest BCUT2D eigenvalue weighted by Crippen LogP contribution is 2.25. The standard InChI is InChI=1S/C18H20N2O4/c21-17(20-10-8-19(9-11-20)12-18(22)23)13-24-16-7-3-5-14-4-1-2-6-15(14)16/h1-7H,8-13H2,(H,22,23). The summed E-state index contributed by atoms with van der Waals surface area (Å²) in [5, 5.41) is 12.7.